The Kier molecular flexibility index (Phi) is 4.10. The summed E-state index contributed by atoms with van der Waals surface area (Å²) in [4.78, 5) is 0. The third kappa shape index (κ3) is 2.93. The number of rotatable bonds is 3. The van der Waals surface area contributed by atoms with E-state index in [1.165, 1.54) is 0 Å². The van der Waals surface area contributed by atoms with Gasteiger partial charge in [0, 0.05) is 10.6 Å². The van der Waals surface area contributed by atoms with Crippen LogP contribution < -0.4 is 0 Å². The fourth-order valence-corrected chi connectivity index (χ4v) is 1.63. The Morgan fingerprint density at radius 3 is 2.67 bits per heavy atom. The van der Waals surface area contributed by atoms with E-state index in [1.54, 1.807) is 24.3 Å². The first kappa shape index (κ1) is 12.0. The third-order valence-electron chi connectivity index (χ3n) is 2.14. The summed E-state index contributed by atoms with van der Waals surface area (Å²) < 4.78 is 0. The molecule has 0 amide bonds. The largest absolute Gasteiger partial charge is 0.389 e. The number of aryl methyl sites for hydroxylation is 1. The van der Waals surface area contributed by atoms with Gasteiger partial charge in [-0.2, -0.15) is 5.26 Å². The Morgan fingerprint density at radius 1 is 1.47 bits per heavy atom. The van der Waals surface area contributed by atoms with Crippen molar-refractivity contribution in [3.8, 4) is 6.07 Å². The molecule has 0 heterocycles. The summed E-state index contributed by atoms with van der Waals surface area (Å²) in [6, 6.07) is 6.95. The molecule has 0 aliphatic rings. The average molecular weight is 226 g/mol. The molecule has 1 aromatic rings. The molecule has 80 valence electrons. The molecular formula is C11H12ClNO2. The van der Waals surface area contributed by atoms with E-state index in [4.69, 9.17) is 16.9 Å². The zero-order valence-electron chi connectivity index (χ0n) is 8.31. The summed E-state index contributed by atoms with van der Waals surface area (Å²) in [5, 5.41) is 27.9. The minimum absolute atomic E-state index is 0.120. The van der Waals surface area contributed by atoms with Crippen molar-refractivity contribution in [2.24, 2.45) is 0 Å². The van der Waals surface area contributed by atoms with Gasteiger partial charge in [0.05, 0.1) is 18.6 Å². The lowest BCUT2D eigenvalue weighted by Gasteiger charge is -2.17. The zero-order chi connectivity index (χ0) is 11.4. The van der Waals surface area contributed by atoms with Crippen LogP contribution in [-0.4, -0.2) is 16.3 Å². The number of nitriles is 1. The minimum atomic E-state index is -1.11. The number of halogens is 1. The first-order valence-corrected chi connectivity index (χ1v) is 4.93. The van der Waals surface area contributed by atoms with Crippen molar-refractivity contribution in [3.63, 3.8) is 0 Å². The number of hydrogen-bond donors (Lipinski definition) is 2. The highest BCUT2D eigenvalue weighted by molar-refractivity contribution is 6.31. The van der Waals surface area contributed by atoms with E-state index >= 15 is 0 Å². The van der Waals surface area contributed by atoms with E-state index in [2.05, 4.69) is 0 Å². The van der Waals surface area contributed by atoms with E-state index in [-0.39, 0.29) is 6.42 Å². The van der Waals surface area contributed by atoms with Crippen molar-refractivity contribution in [1.29, 1.82) is 5.26 Å². The topological polar surface area (TPSA) is 64.2 Å². The Morgan fingerprint density at radius 2 is 2.13 bits per heavy atom. The van der Waals surface area contributed by atoms with Crippen LogP contribution in [0.15, 0.2) is 18.2 Å². The summed E-state index contributed by atoms with van der Waals surface area (Å²) >= 11 is 5.91. The average Bonchev–Trinajstić information content (AvgIpc) is 2.17. The molecule has 1 aromatic carbocycles. The first-order valence-electron chi connectivity index (χ1n) is 4.55. The van der Waals surface area contributed by atoms with E-state index < -0.39 is 12.2 Å². The highest BCUT2D eigenvalue weighted by Gasteiger charge is 2.20. The maximum Gasteiger partial charge on any atom is 0.107 e. The van der Waals surface area contributed by atoms with Crippen molar-refractivity contribution in [2.45, 2.75) is 25.6 Å². The SMILES string of the molecule is Cc1ccc(C(O)C(O)CC#N)c(Cl)c1. The van der Waals surface area contributed by atoms with Crippen LogP contribution in [0.1, 0.15) is 23.7 Å². The molecule has 2 unspecified atom stereocenters. The smallest absolute Gasteiger partial charge is 0.107 e. The predicted octanol–water partition coefficient (Wildman–Crippen LogP) is 1.96. The summed E-state index contributed by atoms with van der Waals surface area (Å²) in [5.74, 6) is 0. The Labute approximate surface area is 93.5 Å². The second-order valence-electron chi connectivity index (χ2n) is 3.40. The van der Waals surface area contributed by atoms with Gasteiger partial charge < -0.3 is 10.2 Å². The summed E-state index contributed by atoms with van der Waals surface area (Å²) in [5.41, 5.74) is 1.43. The first-order chi connectivity index (χ1) is 7.06. The van der Waals surface area contributed by atoms with E-state index in [9.17, 15) is 10.2 Å². The molecule has 0 saturated carbocycles. The maximum atomic E-state index is 9.71. The molecule has 2 atom stereocenters. The molecule has 0 spiro atoms. The normalized spacial score (nSPS) is 14.3. The number of hydrogen-bond acceptors (Lipinski definition) is 3. The van der Waals surface area contributed by atoms with Crippen LogP contribution in [-0.2, 0) is 0 Å². The van der Waals surface area contributed by atoms with Gasteiger partial charge in [0.1, 0.15) is 6.10 Å². The van der Waals surface area contributed by atoms with Crippen molar-refractivity contribution < 1.29 is 10.2 Å². The molecule has 15 heavy (non-hydrogen) atoms. The van der Waals surface area contributed by atoms with Gasteiger partial charge in [-0.05, 0) is 18.6 Å². The fourth-order valence-electron chi connectivity index (χ4n) is 1.28. The van der Waals surface area contributed by atoms with Crippen LogP contribution in [0.3, 0.4) is 0 Å². The number of aliphatic hydroxyl groups is 2. The minimum Gasteiger partial charge on any atom is -0.389 e. The van der Waals surface area contributed by atoms with Crippen LogP contribution in [0.5, 0.6) is 0 Å². The Bertz CT molecular complexity index is 387. The Balaban J connectivity index is 2.91. The number of aliphatic hydroxyl groups excluding tert-OH is 2. The monoisotopic (exact) mass is 225 g/mol. The van der Waals surface area contributed by atoms with Crippen molar-refractivity contribution in [2.75, 3.05) is 0 Å². The van der Waals surface area contributed by atoms with Gasteiger partial charge in [0.2, 0.25) is 0 Å². The highest BCUT2D eigenvalue weighted by atomic mass is 35.5. The molecule has 0 radical (unpaired) electrons. The van der Waals surface area contributed by atoms with Crippen LogP contribution in [0.4, 0.5) is 0 Å². The lowest BCUT2D eigenvalue weighted by molar-refractivity contribution is 0.0217. The quantitative estimate of drug-likeness (QED) is 0.827. The predicted molar refractivity (Wildman–Crippen MR) is 57.4 cm³/mol. The van der Waals surface area contributed by atoms with Crippen molar-refractivity contribution in [3.05, 3.63) is 34.3 Å². The van der Waals surface area contributed by atoms with Crippen LogP contribution in [0, 0.1) is 18.3 Å². The van der Waals surface area contributed by atoms with Crippen molar-refractivity contribution >= 4 is 11.6 Å². The maximum absolute atomic E-state index is 9.71. The molecule has 0 fully saturated rings. The Hall–Kier alpha value is -1.08. The third-order valence-corrected chi connectivity index (χ3v) is 2.47. The molecule has 0 aliphatic heterocycles. The highest BCUT2D eigenvalue weighted by Crippen LogP contribution is 2.27. The summed E-state index contributed by atoms with van der Waals surface area (Å²) in [6.07, 6.45) is -2.33. The number of nitrogens with zero attached hydrogens (tertiary/aromatic N) is 1. The molecule has 2 N–H and O–H groups in total. The molecular weight excluding hydrogens is 214 g/mol. The van der Waals surface area contributed by atoms with Crippen LogP contribution in [0.25, 0.3) is 0 Å². The van der Waals surface area contributed by atoms with Crippen LogP contribution in [0.2, 0.25) is 5.02 Å². The van der Waals surface area contributed by atoms with Gasteiger partial charge in [-0.25, -0.2) is 0 Å². The van der Waals surface area contributed by atoms with Gasteiger partial charge >= 0.3 is 0 Å². The van der Waals surface area contributed by atoms with E-state index in [0.29, 0.717) is 10.6 Å². The lowest BCUT2D eigenvalue weighted by Crippen LogP contribution is -2.17. The van der Waals surface area contributed by atoms with Gasteiger partial charge in [-0.1, -0.05) is 23.7 Å². The zero-order valence-corrected chi connectivity index (χ0v) is 9.07. The molecule has 0 aliphatic carbocycles. The van der Waals surface area contributed by atoms with Gasteiger partial charge in [0.15, 0.2) is 0 Å². The second-order valence-corrected chi connectivity index (χ2v) is 3.81. The molecule has 0 saturated heterocycles. The number of benzene rings is 1. The van der Waals surface area contributed by atoms with Crippen LogP contribution >= 0.6 is 11.6 Å². The second kappa shape index (κ2) is 5.13. The summed E-state index contributed by atoms with van der Waals surface area (Å²) in [6.45, 7) is 1.88. The molecule has 0 aromatic heterocycles. The van der Waals surface area contributed by atoms with Gasteiger partial charge in [0.25, 0.3) is 0 Å². The van der Waals surface area contributed by atoms with Crippen molar-refractivity contribution in [1.82, 2.24) is 0 Å². The molecule has 3 nitrogen and oxygen atoms in total. The summed E-state index contributed by atoms with van der Waals surface area (Å²) in [7, 11) is 0. The van der Waals surface area contributed by atoms with Gasteiger partial charge in [-0.3, -0.25) is 0 Å². The lowest BCUT2D eigenvalue weighted by atomic mass is 10.0. The standard InChI is InChI=1S/C11H12ClNO2/c1-7-2-3-8(9(12)6-7)11(15)10(14)4-5-13/h2-3,6,10-11,14-15H,4H2,1H3. The van der Waals surface area contributed by atoms with E-state index in [0.717, 1.165) is 5.56 Å². The molecule has 4 heteroatoms. The van der Waals surface area contributed by atoms with Gasteiger partial charge in [-0.15, -0.1) is 0 Å². The fraction of sp³-hybridized carbons (Fsp3) is 0.364. The van der Waals surface area contributed by atoms with E-state index in [1.807, 2.05) is 6.92 Å². The molecule has 0 bridgehead atoms. The molecule has 1 rings (SSSR count).